The summed E-state index contributed by atoms with van der Waals surface area (Å²) in [5.41, 5.74) is 1.59. The molecule has 1 heterocycles. The van der Waals surface area contributed by atoms with Crippen molar-refractivity contribution in [1.82, 2.24) is 9.78 Å². The highest BCUT2D eigenvalue weighted by atomic mass is 35.5. The standard InChI is InChI=1S/C10H9ClN2O/c1-13-10(9(14)6-12-13)7-2-4-8(11)5-3-7/h2-6,14H,1H3. The summed E-state index contributed by atoms with van der Waals surface area (Å²) in [5.74, 6) is 0.176. The largest absolute Gasteiger partial charge is 0.504 e. The number of nitrogens with zero attached hydrogens (tertiary/aromatic N) is 2. The minimum atomic E-state index is 0.176. The van der Waals surface area contributed by atoms with Gasteiger partial charge in [-0.3, -0.25) is 4.68 Å². The van der Waals surface area contributed by atoms with Crippen LogP contribution in [-0.2, 0) is 7.05 Å². The van der Waals surface area contributed by atoms with E-state index < -0.39 is 0 Å². The van der Waals surface area contributed by atoms with Gasteiger partial charge in [0.1, 0.15) is 5.69 Å². The Morgan fingerprint density at radius 3 is 2.43 bits per heavy atom. The lowest BCUT2D eigenvalue weighted by Crippen LogP contribution is -1.92. The summed E-state index contributed by atoms with van der Waals surface area (Å²) >= 11 is 5.77. The van der Waals surface area contributed by atoms with Crippen molar-refractivity contribution >= 4 is 11.6 Å². The molecule has 14 heavy (non-hydrogen) atoms. The third kappa shape index (κ3) is 1.46. The second kappa shape index (κ2) is 3.35. The van der Waals surface area contributed by atoms with Crippen LogP contribution in [0.2, 0.25) is 5.02 Å². The van der Waals surface area contributed by atoms with Crippen molar-refractivity contribution in [2.75, 3.05) is 0 Å². The van der Waals surface area contributed by atoms with Crippen LogP contribution in [0, 0.1) is 0 Å². The van der Waals surface area contributed by atoms with E-state index in [0.717, 1.165) is 5.56 Å². The highest BCUT2D eigenvalue weighted by Gasteiger charge is 2.08. The molecule has 0 aliphatic rings. The molecule has 72 valence electrons. The molecule has 0 radical (unpaired) electrons. The van der Waals surface area contributed by atoms with Crippen molar-refractivity contribution in [2.45, 2.75) is 0 Å². The van der Waals surface area contributed by atoms with E-state index in [2.05, 4.69) is 5.10 Å². The van der Waals surface area contributed by atoms with Crippen molar-refractivity contribution < 1.29 is 5.11 Å². The Kier molecular flexibility index (Phi) is 2.17. The van der Waals surface area contributed by atoms with Gasteiger partial charge in [0.15, 0.2) is 5.75 Å². The first-order valence-corrected chi connectivity index (χ1v) is 4.53. The molecule has 1 aromatic heterocycles. The minimum absolute atomic E-state index is 0.176. The first-order chi connectivity index (χ1) is 6.68. The first kappa shape index (κ1) is 9.09. The van der Waals surface area contributed by atoms with E-state index in [9.17, 15) is 5.11 Å². The number of benzene rings is 1. The van der Waals surface area contributed by atoms with Gasteiger partial charge in [-0.05, 0) is 12.1 Å². The zero-order chi connectivity index (χ0) is 10.1. The topological polar surface area (TPSA) is 38.0 Å². The molecule has 2 rings (SSSR count). The van der Waals surface area contributed by atoms with Crippen LogP contribution in [0.4, 0.5) is 0 Å². The molecule has 2 aromatic rings. The van der Waals surface area contributed by atoms with Crippen molar-refractivity contribution in [2.24, 2.45) is 7.05 Å². The van der Waals surface area contributed by atoms with E-state index in [1.807, 2.05) is 12.1 Å². The molecule has 0 saturated carbocycles. The Labute approximate surface area is 86.6 Å². The second-order valence-corrected chi connectivity index (χ2v) is 3.45. The lowest BCUT2D eigenvalue weighted by Gasteiger charge is -2.02. The monoisotopic (exact) mass is 208 g/mol. The van der Waals surface area contributed by atoms with Crippen molar-refractivity contribution in [3.8, 4) is 17.0 Å². The highest BCUT2D eigenvalue weighted by molar-refractivity contribution is 6.30. The third-order valence-electron chi connectivity index (χ3n) is 2.04. The number of hydrogen-bond donors (Lipinski definition) is 1. The summed E-state index contributed by atoms with van der Waals surface area (Å²) < 4.78 is 1.62. The Morgan fingerprint density at radius 2 is 1.93 bits per heavy atom. The number of aryl methyl sites for hydroxylation is 1. The molecule has 0 spiro atoms. The van der Waals surface area contributed by atoms with Crippen LogP contribution in [0.5, 0.6) is 5.75 Å². The van der Waals surface area contributed by atoms with Gasteiger partial charge < -0.3 is 5.11 Å². The smallest absolute Gasteiger partial charge is 0.161 e. The number of aromatic nitrogens is 2. The Morgan fingerprint density at radius 1 is 1.29 bits per heavy atom. The first-order valence-electron chi connectivity index (χ1n) is 4.15. The Hall–Kier alpha value is -1.48. The molecular formula is C10H9ClN2O. The lowest BCUT2D eigenvalue weighted by atomic mass is 10.1. The molecular weight excluding hydrogens is 200 g/mol. The summed E-state index contributed by atoms with van der Waals surface area (Å²) in [6.45, 7) is 0. The quantitative estimate of drug-likeness (QED) is 0.782. The fourth-order valence-electron chi connectivity index (χ4n) is 1.37. The Balaban J connectivity index is 2.54. The van der Waals surface area contributed by atoms with Crippen LogP contribution >= 0.6 is 11.6 Å². The predicted molar refractivity (Wildman–Crippen MR) is 55.3 cm³/mol. The molecule has 0 amide bonds. The summed E-state index contributed by atoms with van der Waals surface area (Å²) in [6.07, 6.45) is 1.42. The van der Waals surface area contributed by atoms with Gasteiger partial charge in [-0.1, -0.05) is 23.7 Å². The predicted octanol–water partition coefficient (Wildman–Crippen LogP) is 2.45. The van der Waals surface area contributed by atoms with Gasteiger partial charge in [-0.25, -0.2) is 0 Å². The van der Waals surface area contributed by atoms with Gasteiger partial charge in [-0.15, -0.1) is 0 Å². The van der Waals surface area contributed by atoms with Crippen LogP contribution in [0.15, 0.2) is 30.5 Å². The van der Waals surface area contributed by atoms with Gasteiger partial charge in [0, 0.05) is 17.6 Å². The normalized spacial score (nSPS) is 10.4. The zero-order valence-electron chi connectivity index (χ0n) is 7.61. The van der Waals surface area contributed by atoms with E-state index in [4.69, 9.17) is 11.6 Å². The number of halogens is 1. The highest BCUT2D eigenvalue weighted by Crippen LogP contribution is 2.28. The van der Waals surface area contributed by atoms with Crippen LogP contribution in [0.1, 0.15) is 0 Å². The van der Waals surface area contributed by atoms with Gasteiger partial charge in [0.25, 0.3) is 0 Å². The summed E-state index contributed by atoms with van der Waals surface area (Å²) in [5, 5.41) is 14.2. The summed E-state index contributed by atoms with van der Waals surface area (Å²) in [4.78, 5) is 0. The van der Waals surface area contributed by atoms with E-state index in [1.54, 1.807) is 23.9 Å². The lowest BCUT2D eigenvalue weighted by molar-refractivity contribution is 0.477. The van der Waals surface area contributed by atoms with Gasteiger partial charge in [-0.2, -0.15) is 5.10 Å². The Bertz CT molecular complexity index is 428. The van der Waals surface area contributed by atoms with Crippen molar-refractivity contribution in [3.63, 3.8) is 0 Å². The van der Waals surface area contributed by atoms with E-state index in [1.165, 1.54) is 6.20 Å². The maximum atomic E-state index is 9.54. The van der Waals surface area contributed by atoms with Crippen LogP contribution < -0.4 is 0 Å². The number of aromatic hydroxyl groups is 1. The van der Waals surface area contributed by atoms with Gasteiger partial charge in [0.05, 0.1) is 6.20 Å². The molecule has 3 nitrogen and oxygen atoms in total. The molecule has 0 saturated heterocycles. The molecule has 0 bridgehead atoms. The van der Waals surface area contributed by atoms with Crippen LogP contribution in [-0.4, -0.2) is 14.9 Å². The van der Waals surface area contributed by atoms with Crippen molar-refractivity contribution in [1.29, 1.82) is 0 Å². The SMILES string of the molecule is Cn1ncc(O)c1-c1ccc(Cl)cc1. The average Bonchev–Trinajstić information content (AvgIpc) is 2.49. The van der Waals surface area contributed by atoms with Crippen LogP contribution in [0.25, 0.3) is 11.3 Å². The van der Waals surface area contributed by atoms with Crippen LogP contribution in [0.3, 0.4) is 0 Å². The van der Waals surface area contributed by atoms with E-state index in [-0.39, 0.29) is 5.75 Å². The average molecular weight is 209 g/mol. The molecule has 0 aliphatic heterocycles. The number of rotatable bonds is 1. The molecule has 0 atom stereocenters. The van der Waals surface area contributed by atoms with Gasteiger partial charge in [0.2, 0.25) is 0 Å². The molecule has 0 unspecified atom stereocenters. The van der Waals surface area contributed by atoms with E-state index >= 15 is 0 Å². The molecule has 1 N–H and O–H groups in total. The fourth-order valence-corrected chi connectivity index (χ4v) is 1.49. The molecule has 4 heteroatoms. The molecule has 1 aromatic carbocycles. The summed E-state index contributed by atoms with van der Waals surface area (Å²) in [6, 6.07) is 7.25. The van der Waals surface area contributed by atoms with Crippen molar-refractivity contribution in [3.05, 3.63) is 35.5 Å². The second-order valence-electron chi connectivity index (χ2n) is 3.01. The maximum Gasteiger partial charge on any atom is 0.161 e. The minimum Gasteiger partial charge on any atom is -0.504 e. The maximum absolute atomic E-state index is 9.54. The zero-order valence-corrected chi connectivity index (χ0v) is 8.36. The summed E-state index contributed by atoms with van der Waals surface area (Å²) in [7, 11) is 1.78. The fraction of sp³-hybridized carbons (Fsp3) is 0.100. The third-order valence-corrected chi connectivity index (χ3v) is 2.29. The number of hydrogen-bond acceptors (Lipinski definition) is 2. The molecule has 0 fully saturated rings. The van der Waals surface area contributed by atoms with E-state index in [0.29, 0.717) is 10.7 Å². The van der Waals surface area contributed by atoms with Gasteiger partial charge >= 0.3 is 0 Å². The molecule has 0 aliphatic carbocycles.